The van der Waals surface area contributed by atoms with Gasteiger partial charge in [-0.15, -0.1) is 5.10 Å². The first-order chi connectivity index (χ1) is 10.3. The predicted molar refractivity (Wildman–Crippen MR) is 76.9 cm³/mol. The molecule has 0 radical (unpaired) electrons. The molecule has 2 N–H and O–H groups in total. The molecule has 3 rings (SSSR count). The van der Waals surface area contributed by atoms with E-state index in [0.29, 0.717) is 30.7 Å². The zero-order valence-electron chi connectivity index (χ0n) is 12.2. The van der Waals surface area contributed by atoms with Gasteiger partial charge < -0.3 is 15.3 Å². The van der Waals surface area contributed by atoms with E-state index in [1.165, 1.54) is 0 Å². The first kappa shape index (κ1) is 14.5. The van der Waals surface area contributed by atoms with Crippen LogP contribution in [0, 0.1) is 5.92 Å². The Hall–Kier alpha value is -1.47. The molecule has 0 unspecified atom stereocenters. The summed E-state index contributed by atoms with van der Waals surface area (Å²) in [7, 11) is 0. The molecular formula is C14H23N5O2. The minimum Gasteiger partial charge on any atom is -0.396 e. The highest BCUT2D eigenvalue weighted by Crippen LogP contribution is 2.20. The van der Waals surface area contributed by atoms with E-state index in [4.69, 9.17) is 5.11 Å². The number of hydrogen-bond acceptors (Lipinski definition) is 5. The number of carbonyl (C=O) groups excluding carboxylic acids is 1. The Morgan fingerprint density at radius 1 is 1.29 bits per heavy atom. The van der Waals surface area contributed by atoms with Crippen LogP contribution in [0.5, 0.6) is 0 Å². The summed E-state index contributed by atoms with van der Waals surface area (Å²) in [5.41, 5.74) is 0.441. The number of nitrogens with one attached hydrogen (secondary N) is 1. The molecule has 116 valence electrons. The fraction of sp³-hybridized carbons (Fsp3) is 0.786. The van der Waals surface area contributed by atoms with Crippen molar-refractivity contribution in [2.45, 2.75) is 31.7 Å². The highest BCUT2D eigenvalue weighted by atomic mass is 16.3. The number of aromatic nitrogens is 3. The molecule has 0 spiro atoms. The van der Waals surface area contributed by atoms with Gasteiger partial charge in [0.25, 0.3) is 5.91 Å². The molecule has 2 fully saturated rings. The maximum atomic E-state index is 12.4. The van der Waals surface area contributed by atoms with Crippen molar-refractivity contribution in [3.8, 4) is 0 Å². The second-order valence-corrected chi connectivity index (χ2v) is 5.98. The van der Waals surface area contributed by atoms with Gasteiger partial charge in [-0.05, 0) is 44.7 Å². The number of amides is 1. The number of aliphatic hydroxyl groups excluding tert-OH is 1. The molecule has 0 aliphatic carbocycles. The molecule has 0 saturated carbocycles. The third-order valence-corrected chi connectivity index (χ3v) is 4.57. The van der Waals surface area contributed by atoms with Crippen LogP contribution in [0.2, 0.25) is 0 Å². The van der Waals surface area contributed by atoms with Gasteiger partial charge in [0, 0.05) is 19.7 Å². The lowest BCUT2D eigenvalue weighted by Crippen LogP contribution is -2.39. The molecule has 21 heavy (non-hydrogen) atoms. The van der Waals surface area contributed by atoms with Gasteiger partial charge in [0.1, 0.15) is 0 Å². The molecule has 7 heteroatoms. The van der Waals surface area contributed by atoms with Crippen LogP contribution in [0.3, 0.4) is 0 Å². The standard InChI is InChI=1S/C14H23N5O2/c20-10-11-3-7-18(8-4-11)14(21)13-9-19(17-16-13)12-1-5-15-6-2-12/h9,11-12,15,20H,1-8,10H2. The summed E-state index contributed by atoms with van der Waals surface area (Å²) < 4.78 is 1.84. The van der Waals surface area contributed by atoms with Gasteiger partial charge in [-0.25, -0.2) is 4.68 Å². The molecule has 1 aromatic rings. The number of piperidine rings is 2. The average molecular weight is 293 g/mol. The largest absolute Gasteiger partial charge is 0.396 e. The SMILES string of the molecule is O=C(c1cn(C2CCNCC2)nn1)N1CCC(CO)CC1. The summed E-state index contributed by atoms with van der Waals surface area (Å²) in [6.07, 6.45) is 5.57. The molecule has 1 amide bonds. The van der Waals surface area contributed by atoms with Crippen molar-refractivity contribution >= 4 is 5.91 Å². The number of hydrogen-bond donors (Lipinski definition) is 2. The smallest absolute Gasteiger partial charge is 0.276 e. The van der Waals surface area contributed by atoms with Crippen molar-refractivity contribution in [2.75, 3.05) is 32.8 Å². The first-order valence-electron chi connectivity index (χ1n) is 7.80. The van der Waals surface area contributed by atoms with E-state index < -0.39 is 0 Å². The summed E-state index contributed by atoms with van der Waals surface area (Å²) in [6.45, 7) is 3.59. The summed E-state index contributed by atoms with van der Waals surface area (Å²) in [5.74, 6) is 0.297. The molecule has 7 nitrogen and oxygen atoms in total. The second kappa shape index (κ2) is 6.53. The lowest BCUT2D eigenvalue weighted by Gasteiger charge is -2.30. The van der Waals surface area contributed by atoms with E-state index >= 15 is 0 Å². The Morgan fingerprint density at radius 2 is 2.00 bits per heavy atom. The number of likely N-dealkylation sites (tertiary alicyclic amines) is 1. The Labute approximate surface area is 124 Å². The van der Waals surface area contributed by atoms with E-state index in [1.54, 1.807) is 6.20 Å². The lowest BCUT2D eigenvalue weighted by molar-refractivity contribution is 0.0645. The van der Waals surface area contributed by atoms with Gasteiger partial charge in [-0.2, -0.15) is 0 Å². The van der Waals surface area contributed by atoms with Crippen molar-refractivity contribution < 1.29 is 9.90 Å². The highest BCUT2D eigenvalue weighted by molar-refractivity contribution is 5.92. The van der Waals surface area contributed by atoms with Gasteiger partial charge in [-0.1, -0.05) is 5.21 Å². The van der Waals surface area contributed by atoms with Crippen LogP contribution >= 0.6 is 0 Å². The fourth-order valence-electron chi connectivity index (χ4n) is 3.11. The van der Waals surface area contributed by atoms with Crippen molar-refractivity contribution in [1.82, 2.24) is 25.2 Å². The van der Waals surface area contributed by atoms with Crippen LogP contribution in [0.4, 0.5) is 0 Å². The third-order valence-electron chi connectivity index (χ3n) is 4.57. The molecule has 2 saturated heterocycles. The zero-order valence-corrected chi connectivity index (χ0v) is 12.2. The fourth-order valence-corrected chi connectivity index (χ4v) is 3.11. The Balaban J connectivity index is 1.61. The number of nitrogens with zero attached hydrogens (tertiary/aromatic N) is 4. The van der Waals surface area contributed by atoms with E-state index in [-0.39, 0.29) is 12.5 Å². The molecule has 0 bridgehead atoms. The Morgan fingerprint density at radius 3 is 2.67 bits per heavy atom. The molecule has 1 aromatic heterocycles. The second-order valence-electron chi connectivity index (χ2n) is 5.98. The highest BCUT2D eigenvalue weighted by Gasteiger charge is 2.26. The van der Waals surface area contributed by atoms with E-state index in [1.807, 2.05) is 9.58 Å². The van der Waals surface area contributed by atoms with Gasteiger partial charge in [-0.3, -0.25) is 4.79 Å². The first-order valence-corrected chi connectivity index (χ1v) is 7.80. The van der Waals surface area contributed by atoms with Crippen LogP contribution < -0.4 is 5.32 Å². The van der Waals surface area contributed by atoms with Crippen molar-refractivity contribution in [3.05, 3.63) is 11.9 Å². The summed E-state index contributed by atoms with van der Waals surface area (Å²) in [6, 6.07) is 0.348. The van der Waals surface area contributed by atoms with Crippen LogP contribution in [0.1, 0.15) is 42.2 Å². The van der Waals surface area contributed by atoms with Crippen molar-refractivity contribution in [3.63, 3.8) is 0 Å². The molecule has 3 heterocycles. The Kier molecular flexibility index (Phi) is 4.50. The molecule has 0 aromatic carbocycles. The lowest BCUT2D eigenvalue weighted by atomic mass is 9.98. The van der Waals surface area contributed by atoms with E-state index in [9.17, 15) is 4.79 Å². The van der Waals surface area contributed by atoms with E-state index in [2.05, 4.69) is 15.6 Å². The third kappa shape index (κ3) is 3.24. The van der Waals surface area contributed by atoms with E-state index in [0.717, 1.165) is 38.8 Å². The predicted octanol–water partition coefficient (Wildman–Crippen LogP) is 0.0471. The summed E-state index contributed by atoms with van der Waals surface area (Å²) >= 11 is 0. The minimum atomic E-state index is -0.0356. The van der Waals surface area contributed by atoms with Gasteiger partial charge in [0.15, 0.2) is 5.69 Å². The number of rotatable bonds is 3. The van der Waals surface area contributed by atoms with Crippen LogP contribution in [0.25, 0.3) is 0 Å². The maximum Gasteiger partial charge on any atom is 0.276 e. The summed E-state index contributed by atoms with van der Waals surface area (Å²) in [5, 5.41) is 20.7. The monoisotopic (exact) mass is 293 g/mol. The van der Waals surface area contributed by atoms with Gasteiger partial charge >= 0.3 is 0 Å². The van der Waals surface area contributed by atoms with Gasteiger partial charge in [0.05, 0.1) is 12.2 Å². The normalized spacial score (nSPS) is 21.7. The maximum absolute atomic E-state index is 12.4. The number of carbonyl (C=O) groups is 1. The molecule has 2 aliphatic rings. The quantitative estimate of drug-likeness (QED) is 0.822. The average Bonchev–Trinajstić information content (AvgIpc) is 3.05. The van der Waals surface area contributed by atoms with Crippen LogP contribution in [-0.2, 0) is 0 Å². The van der Waals surface area contributed by atoms with Crippen molar-refractivity contribution in [2.24, 2.45) is 5.92 Å². The number of aliphatic hydroxyl groups is 1. The van der Waals surface area contributed by atoms with Crippen molar-refractivity contribution in [1.29, 1.82) is 0 Å². The molecular weight excluding hydrogens is 270 g/mol. The van der Waals surface area contributed by atoms with Crippen LogP contribution in [-0.4, -0.2) is 63.7 Å². The Bertz CT molecular complexity index is 475. The van der Waals surface area contributed by atoms with Gasteiger partial charge in [0.2, 0.25) is 0 Å². The zero-order chi connectivity index (χ0) is 14.7. The molecule has 2 aliphatic heterocycles. The molecule has 0 atom stereocenters. The topological polar surface area (TPSA) is 83.3 Å². The van der Waals surface area contributed by atoms with Crippen LogP contribution in [0.15, 0.2) is 6.20 Å². The summed E-state index contributed by atoms with van der Waals surface area (Å²) in [4.78, 5) is 14.2. The minimum absolute atomic E-state index is 0.0356.